The van der Waals surface area contributed by atoms with Gasteiger partial charge in [0.05, 0.1) is 17.9 Å². The normalized spacial score (nSPS) is 11.1. The number of nitrogens with one attached hydrogen (secondary N) is 3. The zero-order valence-corrected chi connectivity index (χ0v) is 19.7. The molecule has 0 saturated carbocycles. The van der Waals surface area contributed by atoms with E-state index in [2.05, 4.69) is 28.8 Å². The summed E-state index contributed by atoms with van der Waals surface area (Å²) in [7, 11) is 0. The first kappa shape index (κ1) is 25.4. The molecule has 0 aromatic heterocycles. The number of para-hydroxylation sites is 1. The molecule has 0 aliphatic rings. The van der Waals surface area contributed by atoms with Crippen LogP contribution in [-0.2, 0) is 0 Å². The third-order valence-corrected chi connectivity index (χ3v) is 5.32. The Kier molecular flexibility index (Phi) is 8.51. The lowest BCUT2D eigenvalue weighted by atomic mass is 10.0. The molecule has 3 rings (SSSR count). The summed E-state index contributed by atoms with van der Waals surface area (Å²) >= 11 is 0. The maximum atomic E-state index is 14.6. The number of halogens is 2. The molecule has 3 aromatic rings. The summed E-state index contributed by atoms with van der Waals surface area (Å²) in [6.07, 6.45) is 2.45. The standard InChI is InChI=1S/C28H29F2N5/c1-4-14-33-27-23(15-20(29)16-24(27)30)18(3)35-28(22-12-8-9-13-25(22)31)34-17-26(32)21-11-7-6-10-19(21)5-2/h5-13,15-16,32-33H,2-4,14,17,31H2,1H3,(H,34,35). The number of rotatable bonds is 10. The molecule has 0 atom stereocenters. The summed E-state index contributed by atoms with van der Waals surface area (Å²) in [5.41, 5.74) is 9.68. The average molecular weight is 474 g/mol. The maximum absolute atomic E-state index is 14.6. The second-order valence-electron chi connectivity index (χ2n) is 7.86. The fraction of sp³-hybridized carbons (Fsp3) is 0.143. The molecule has 0 heterocycles. The average Bonchev–Trinajstić information content (AvgIpc) is 2.85. The number of amidine groups is 1. The van der Waals surface area contributed by atoms with Crippen LogP contribution in [0.25, 0.3) is 11.8 Å². The summed E-state index contributed by atoms with van der Waals surface area (Å²) < 4.78 is 28.7. The third-order valence-electron chi connectivity index (χ3n) is 5.32. The molecule has 35 heavy (non-hydrogen) atoms. The van der Waals surface area contributed by atoms with Gasteiger partial charge in [0.15, 0.2) is 0 Å². The Morgan fingerprint density at radius 2 is 1.74 bits per heavy atom. The largest absolute Gasteiger partial charge is 0.398 e. The highest BCUT2D eigenvalue weighted by molar-refractivity contribution is 6.09. The van der Waals surface area contributed by atoms with Crippen LogP contribution in [0.2, 0.25) is 0 Å². The number of hydrogen-bond donors (Lipinski definition) is 4. The van der Waals surface area contributed by atoms with E-state index in [-0.39, 0.29) is 29.2 Å². The van der Waals surface area contributed by atoms with Gasteiger partial charge in [-0.1, -0.05) is 62.6 Å². The Balaban J connectivity index is 1.98. The van der Waals surface area contributed by atoms with Crippen molar-refractivity contribution in [2.75, 3.05) is 24.1 Å². The van der Waals surface area contributed by atoms with Crippen molar-refractivity contribution in [3.05, 3.63) is 108 Å². The van der Waals surface area contributed by atoms with Crippen LogP contribution >= 0.6 is 0 Å². The molecule has 5 N–H and O–H groups in total. The molecule has 7 heteroatoms. The lowest BCUT2D eigenvalue weighted by Gasteiger charge is -2.18. The highest BCUT2D eigenvalue weighted by Crippen LogP contribution is 2.27. The van der Waals surface area contributed by atoms with Crippen molar-refractivity contribution < 1.29 is 8.78 Å². The van der Waals surface area contributed by atoms with Crippen LogP contribution in [0, 0.1) is 17.0 Å². The number of nitrogens with two attached hydrogens (primary N) is 1. The quantitative estimate of drug-likeness (QED) is 0.163. The minimum atomic E-state index is -0.719. The predicted molar refractivity (Wildman–Crippen MR) is 143 cm³/mol. The first-order valence-corrected chi connectivity index (χ1v) is 11.2. The third kappa shape index (κ3) is 6.20. The fourth-order valence-corrected chi connectivity index (χ4v) is 3.55. The van der Waals surface area contributed by atoms with Gasteiger partial charge in [-0.2, -0.15) is 0 Å². The molecule has 0 aliphatic carbocycles. The monoisotopic (exact) mass is 473 g/mol. The van der Waals surface area contributed by atoms with Crippen molar-refractivity contribution in [3.63, 3.8) is 0 Å². The first-order valence-electron chi connectivity index (χ1n) is 11.2. The second kappa shape index (κ2) is 11.7. The van der Waals surface area contributed by atoms with E-state index < -0.39 is 11.6 Å². The lowest BCUT2D eigenvalue weighted by Crippen LogP contribution is -2.26. The molecule has 0 aliphatic heterocycles. The Hall–Kier alpha value is -4.26. The minimum absolute atomic E-state index is 0.0350. The van der Waals surface area contributed by atoms with E-state index in [1.807, 2.05) is 31.2 Å². The maximum Gasteiger partial charge on any atom is 0.149 e. The SMILES string of the molecule is C=Cc1ccccc1C(=N)CN=C(NC(=C)c1cc(F)cc(F)c1NCCC)c1ccccc1N. The summed E-state index contributed by atoms with van der Waals surface area (Å²) in [5, 5.41) is 14.6. The fourth-order valence-electron chi connectivity index (χ4n) is 3.55. The molecule has 0 spiro atoms. The molecule has 0 fully saturated rings. The Morgan fingerprint density at radius 3 is 2.43 bits per heavy atom. The van der Waals surface area contributed by atoms with Gasteiger partial charge in [-0.05, 0) is 30.2 Å². The van der Waals surface area contributed by atoms with Gasteiger partial charge in [0, 0.05) is 40.7 Å². The lowest BCUT2D eigenvalue weighted by molar-refractivity contribution is 0.584. The Labute approximate surface area is 204 Å². The zero-order valence-electron chi connectivity index (χ0n) is 19.7. The molecule has 0 amide bonds. The summed E-state index contributed by atoms with van der Waals surface area (Å²) in [6.45, 7) is 10.3. The smallest absolute Gasteiger partial charge is 0.149 e. The van der Waals surface area contributed by atoms with E-state index in [0.717, 1.165) is 18.1 Å². The van der Waals surface area contributed by atoms with Crippen LogP contribution in [0.5, 0.6) is 0 Å². The molecule has 0 radical (unpaired) electrons. The van der Waals surface area contributed by atoms with Crippen molar-refractivity contribution in [2.24, 2.45) is 4.99 Å². The second-order valence-corrected chi connectivity index (χ2v) is 7.86. The van der Waals surface area contributed by atoms with E-state index in [4.69, 9.17) is 11.1 Å². The van der Waals surface area contributed by atoms with Gasteiger partial charge in [0.25, 0.3) is 0 Å². The topological polar surface area (TPSA) is 86.3 Å². The molecule has 0 saturated heterocycles. The Morgan fingerprint density at radius 1 is 1.06 bits per heavy atom. The number of anilines is 2. The van der Waals surface area contributed by atoms with E-state index in [9.17, 15) is 8.78 Å². The van der Waals surface area contributed by atoms with Gasteiger partial charge in [0.1, 0.15) is 17.5 Å². The van der Waals surface area contributed by atoms with Crippen LogP contribution in [0.3, 0.4) is 0 Å². The number of nitrogen functional groups attached to an aromatic ring is 1. The minimum Gasteiger partial charge on any atom is -0.398 e. The Bertz CT molecular complexity index is 1280. The first-order chi connectivity index (χ1) is 16.8. The van der Waals surface area contributed by atoms with E-state index in [1.165, 1.54) is 6.07 Å². The molecule has 180 valence electrons. The van der Waals surface area contributed by atoms with Crippen molar-refractivity contribution in [1.82, 2.24) is 5.32 Å². The predicted octanol–water partition coefficient (Wildman–Crippen LogP) is 6.09. The van der Waals surface area contributed by atoms with E-state index >= 15 is 0 Å². The van der Waals surface area contributed by atoms with Crippen LogP contribution in [-0.4, -0.2) is 24.6 Å². The van der Waals surface area contributed by atoms with Crippen LogP contribution in [0.1, 0.15) is 35.6 Å². The zero-order chi connectivity index (χ0) is 25.4. The highest BCUT2D eigenvalue weighted by Gasteiger charge is 2.17. The summed E-state index contributed by atoms with van der Waals surface area (Å²) in [5.74, 6) is -1.10. The van der Waals surface area contributed by atoms with Gasteiger partial charge in [-0.15, -0.1) is 0 Å². The van der Waals surface area contributed by atoms with Crippen molar-refractivity contribution in [3.8, 4) is 0 Å². The van der Waals surface area contributed by atoms with Gasteiger partial charge < -0.3 is 21.8 Å². The molecule has 0 unspecified atom stereocenters. The van der Waals surface area contributed by atoms with E-state index in [1.54, 1.807) is 30.3 Å². The summed E-state index contributed by atoms with van der Waals surface area (Å²) in [6, 6.07) is 16.6. The van der Waals surface area contributed by atoms with Gasteiger partial charge >= 0.3 is 0 Å². The van der Waals surface area contributed by atoms with Gasteiger partial charge in [-0.3, -0.25) is 4.99 Å². The highest BCUT2D eigenvalue weighted by atomic mass is 19.1. The summed E-state index contributed by atoms with van der Waals surface area (Å²) in [4.78, 5) is 4.61. The number of hydrogen-bond acceptors (Lipinski definition) is 4. The van der Waals surface area contributed by atoms with Crippen LogP contribution in [0.4, 0.5) is 20.2 Å². The molecular weight excluding hydrogens is 444 g/mol. The molecule has 3 aromatic carbocycles. The van der Waals surface area contributed by atoms with Gasteiger partial charge in [0.2, 0.25) is 0 Å². The molecule has 5 nitrogen and oxygen atoms in total. The number of aliphatic imine (C=N–C) groups is 1. The molecule has 0 bridgehead atoms. The van der Waals surface area contributed by atoms with Crippen molar-refractivity contribution >= 4 is 34.7 Å². The van der Waals surface area contributed by atoms with E-state index in [0.29, 0.717) is 29.2 Å². The van der Waals surface area contributed by atoms with Crippen LogP contribution < -0.4 is 16.4 Å². The van der Waals surface area contributed by atoms with Crippen molar-refractivity contribution in [1.29, 1.82) is 5.41 Å². The number of benzene rings is 3. The van der Waals surface area contributed by atoms with Crippen LogP contribution in [0.15, 0.2) is 78.8 Å². The number of nitrogens with zero attached hydrogens (tertiary/aromatic N) is 1. The molecular formula is C28H29F2N5. The van der Waals surface area contributed by atoms with Gasteiger partial charge in [-0.25, -0.2) is 8.78 Å². The van der Waals surface area contributed by atoms with Crippen molar-refractivity contribution in [2.45, 2.75) is 13.3 Å².